The van der Waals surface area contributed by atoms with Gasteiger partial charge in [-0.15, -0.1) is 0 Å². The molecule has 16 nitrogen and oxygen atoms in total. The van der Waals surface area contributed by atoms with Crippen LogP contribution in [0.5, 0.6) is 5.75 Å². The van der Waals surface area contributed by atoms with Crippen LogP contribution in [0.1, 0.15) is 36.4 Å². The molecule has 0 spiro atoms. The quantitative estimate of drug-likeness (QED) is 0.0877. The van der Waals surface area contributed by atoms with Crippen molar-refractivity contribution < 1.29 is 39.0 Å². The number of carboxylic acid groups (broad SMARTS) is 1. The number of benzene rings is 2. The molecule has 0 unspecified atom stereocenters. The molecule has 1 fully saturated rings. The van der Waals surface area contributed by atoms with Crippen molar-refractivity contribution >= 4 is 41.5 Å². The van der Waals surface area contributed by atoms with Crippen LogP contribution in [0, 0.1) is 0 Å². The number of amides is 5. The van der Waals surface area contributed by atoms with Crippen LogP contribution in [-0.4, -0.2) is 82.9 Å². The van der Waals surface area contributed by atoms with Gasteiger partial charge in [0.05, 0.1) is 13.0 Å². The third-order valence-electron chi connectivity index (χ3n) is 6.74. The molecule has 1 saturated heterocycles. The molecule has 3 rings (SSSR count). The number of carbonyl (C=O) groups is 6. The number of aromatic hydroxyl groups is 1. The fraction of sp³-hybridized carbons (Fsp3) is 0.345. The first-order valence-corrected chi connectivity index (χ1v) is 14.0. The number of phenols is 1. The van der Waals surface area contributed by atoms with Crippen LogP contribution < -0.4 is 38.1 Å². The molecular weight excluding hydrogens is 588 g/mol. The van der Waals surface area contributed by atoms with Crippen LogP contribution in [0.4, 0.5) is 0 Å². The maximum atomic E-state index is 13.8. The zero-order valence-corrected chi connectivity index (χ0v) is 24.2. The van der Waals surface area contributed by atoms with Crippen molar-refractivity contribution in [3.63, 3.8) is 0 Å². The number of phenolic OH excluding ortho intramolecular Hbond substituents is 1. The number of hydrogen-bond acceptors (Lipinski definition) is 8. The van der Waals surface area contributed by atoms with Gasteiger partial charge in [0.25, 0.3) is 0 Å². The Labute approximate surface area is 258 Å². The molecule has 11 N–H and O–H groups in total. The largest absolute Gasteiger partial charge is 0.508 e. The van der Waals surface area contributed by atoms with E-state index in [4.69, 9.17) is 11.5 Å². The van der Waals surface area contributed by atoms with E-state index >= 15 is 0 Å². The molecule has 5 amide bonds. The number of guanidine groups is 1. The van der Waals surface area contributed by atoms with Gasteiger partial charge in [-0.1, -0.05) is 42.5 Å². The predicted octanol–water partition coefficient (Wildman–Crippen LogP) is -2.10. The molecule has 0 saturated carbocycles. The van der Waals surface area contributed by atoms with E-state index in [0.29, 0.717) is 11.1 Å². The van der Waals surface area contributed by atoms with Gasteiger partial charge in [0, 0.05) is 13.0 Å². The standard InChI is InChI=1S/C29H36N8O8/c30-29(31)32-12-4-7-19-25(41)35-20(13-16-8-10-18(38)11-9-16)26(42)37-24(17-5-2-1-3-6-17)27(43)36-21(28(44)45)14-22(39)33-15-23(40)34-19/h1-3,5-6,8-11,19-21,24,38H,4,7,12-15H2,(H,33,39)(H,34,40)(H,35,41)(H,36,43)(H,37,42)(H,44,45)(H4,30,31,32)/t19-,20-,21-,24+/m0/s1. The van der Waals surface area contributed by atoms with Gasteiger partial charge in [-0.05, 0) is 36.1 Å². The second kappa shape index (κ2) is 16.3. The molecule has 0 radical (unpaired) electrons. The number of nitrogens with two attached hydrogens (primary N) is 2. The number of hydrogen-bond donors (Lipinski definition) is 9. The topological polar surface area (TPSA) is 267 Å². The summed E-state index contributed by atoms with van der Waals surface area (Å²) in [5.41, 5.74) is 11.6. The van der Waals surface area contributed by atoms with Gasteiger partial charge in [0.2, 0.25) is 29.5 Å². The molecule has 240 valence electrons. The average Bonchev–Trinajstić information content (AvgIpc) is 3.00. The Kier molecular flexibility index (Phi) is 12.2. The van der Waals surface area contributed by atoms with Crippen molar-refractivity contribution in [2.45, 2.75) is 49.9 Å². The summed E-state index contributed by atoms with van der Waals surface area (Å²) < 4.78 is 0. The summed E-state index contributed by atoms with van der Waals surface area (Å²) in [4.78, 5) is 81.7. The van der Waals surface area contributed by atoms with E-state index in [9.17, 15) is 39.0 Å². The monoisotopic (exact) mass is 624 g/mol. The summed E-state index contributed by atoms with van der Waals surface area (Å²) in [6.07, 6.45) is -0.487. The van der Waals surface area contributed by atoms with E-state index in [-0.39, 0.29) is 37.5 Å². The second-order valence-corrected chi connectivity index (χ2v) is 10.2. The Hall–Kier alpha value is -5.67. The van der Waals surface area contributed by atoms with Crippen molar-refractivity contribution in [2.75, 3.05) is 13.1 Å². The molecular formula is C29H36N8O8. The summed E-state index contributed by atoms with van der Waals surface area (Å²) in [5, 5.41) is 31.7. The van der Waals surface area contributed by atoms with Crippen molar-refractivity contribution in [1.29, 1.82) is 0 Å². The molecule has 1 heterocycles. The lowest BCUT2D eigenvalue weighted by Gasteiger charge is -2.27. The Bertz CT molecular complexity index is 1410. The summed E-state index contributed by atoms with van der Waals surface area (Å²) in [6, 6.07) is 8.30. The number of nitrogens with one attached hydrogen (secondary N) is 5. The minimum absolute atomic E-state index is 0.0188. The van der Waals surface area contributed by atoms with Crippen LogP contribution in [0.3, 0.4) is 0 Å². The van der Waals surface area contributed by atoms with Crippen LogP contribution >= 0.6 is 0 Å². The van der Waals surface area contributed by atoms with E-state index in [1.165, 1.54) is 12.1 Å². The lowest BCUT2D eigenvalue weighted by Crippen LogP contribution is -2.57. The second-order valence-electron chi connectivity index (χ2n) is 10.2. The van der Waals surface area contributed by atoms with Gasteiger partial charge in [-0.3, -0.25) is 29.0 Å². The van der Waals surface area contributed by atoms with E-state index < -0.39 is 72.6 Å². The van der Waals surface area contributed by atoms with E-state index in [1.54, 1.807) is 42.5 Å². The van der Waals surface area contributed by atoms with Gasteiger partial charge < -0.3 is 48.3 Å². The molecule has 16 heteroatoms. The fourth-order valence-electron chi connectivity index (χ4n) is 4.45. The highest BCUT2D eigenvalue weighted by atomic mass is 16.4. The van der Waals surface area contributed by atoms with Crippen LogP contribution in [-0.2, 0) is 35.2 Å². The molecule has 4 atom stereocenters. The normalized spacial score (nSPS) is 21.7. The molecule has 2 aromatic rings. The van der Waals surface area contributed by atoms with Crippen LogP contribution in [0.15, 0.2) is 59.6 Å². The molecule has 0 bridgehead atoms. The highest BCUT2D eigenvalue weighted by molar-refractivity contribution is 5.97. The number of rotatable bonds is 8. The Morgan fingerprint density at radius 2 is 1.49 bits per heavy atom. The molecule has 1 aliphatic heterocycles. The Morgan fingerprint density at radius 3 is 2.13 bits per heavy atom. The number of aliphatic imine (C=N–C) groups is 1. The van der Waals surface area contributed by atoms with Gasteiger partial charge in [0.15, 0.2) is 5.96 Å². The van der Waals surface area contributed by atoms with Gasteiger partial charge in [-0.2, -0.15) is 0 Å². The van der Waals surface area contributed by atoms with Crippen molar-refractivity contribution in [3.05, 3.63) is 65.7 Å². The highest BCUT2D eigenvalue weighted by Gasteiger charge is 2.33. The number of aliphatic carboxylic acids is 1. The molecule has 2 aromatic carbocycles. The maximum Gasteiger partial charge on any atom is 0.326 e. The summed E-state index contributed by atoms with van der Waals surface area (Å²) in [5.74, 6) is -5.78. The first-order chi connectivity index (χ1) is 21.4. The van der Waals surface area contributed by atoms with Crippen molar-refractivity contribution in [3.8, 4) is 5.75 Å². The number of carbonyl (C=O) groups excluding carboxylic acids is 5. The highest BCUT2D eigenvalue weighted by Crippen LogP contribution is 2.16. The van der Waals surface area contributed by atoms with Crippen LogP contribution in [0.25, 0.3) is 0 Å². The van der Waals surface area contributed by atoms with Crippen molar-refractivity contribution in [2.24, 2.45) is 16.5 Å². The fourth-order valence-corrected chi connectivity index (χ4v) is 4.45. The van der Waals surface area contributed by atoms with E-state index in [2.05, 4.69) is 31.6 Å². The Morgan fingerprint density at radius 1 is 0.822 bits per heavy atom. The van der Waals surface area contributed by atoms with Crippen LogP contribution in [0.2, 0.25) is 0 Å². The molecule has 0 aromatic heterocycles. The third-order valence-corrected chi connectivity index (χ3v) is 6.74. The summed E-state index contributed by atoms with van der Waals surface area (Å²) in [7, 11) is 0. The number of nitrogens with zero attached hydrogens (tertiary/aromatic N) is 1. The first-order valence-electron chi connectivity index (χ1n) is 14.0. The maximum absolute atomic E-state index is 13.8. The number of carboxylic acids is 1. The lowest BCUT2D eigenvalue weighted by atomic mass is 10.0. The smallest absolute Gasteiger partial charge is 0.326 e. The minimum atomic E-state index is -1.69. The lowest BCUT2D eigenvalue weighted by molar-refractivity contribution is -0.144. The minimum Gasteiger partial charge on any atom is -0.508 e. The van der Waals surface area contributed by atoms with E-state index in [0.717, 1.165) is 0 Å². The molecule has 0 aliphatic carbocycles. The zero-order chi connectivity index (χ0) is 32.9. The zero-order valence-electron chi connectivity index (χ0n) is 24.2. The summed E-state index contributed by atoms with van der Waals surface area (Å²) >= 11 is 0. The van der Waals surface area contributed by atoms with Gasteiger partial charge >= 0.3 is 5.97 Å². The third kappa shape index (κ3) is 10.8. The summed E-state index contributed by atoms with van der Waals surface area (Å²) in [6.45, 7) is -0.457. The first kappa shape index (κ1) is 33.8. The molecule has 45 heavy (non-hydrogen) atoms. The Balaban J connectivity index is 2.00. The average molecular weight is 625 g/mol. The van der Waals surface area contributed by atoms with Gasteiger partial charge in [-0.25, -0.2) is 4.79 Å². The van der Waals surface area contributed by atoms with Gasteiger partial charge in [0.1, 0.15) is 29.9 Å². The predicted molar refractivity (Wildman–Crippen MR) is 160 cm³/mol. The van der Waals surface area contributed by atoms with Crippen molar-refractivity contribution in [1.82, 2.24) is 26.6 Å². The SMILES string of the molecule is NC(N)=NCCC[C@@H]1NC(=O)CNC(=O)C[C@@H](C(=O)O)NC(=O)[C@@H](c2ccccc2)NC(=O)[C@H](Cc2ccc(O)cc2)NC1=O. The van der Waals surface area contributed by atoms with E-state index in [1.807, 2.05) is 0 Å². The molecule has 1 aliphatic rings.